The molecular weight excluding hydrogens is 418 g/mol. The molecule has 7 nitrogen and oxygen atoms in total. The van der Waals surface area contributed by atoms with E-state index < -0.39 is 41.7 Å². The van der Waals surface area contributed by atoms with Crippen LogP contribution in [0.3, 0.4) is 0 Å². The third kappa shape index (κ3) is 4.82. The Kier molecular flexibility index (Phi) is 5.61. The molecule has 2 fully saturated rings. The number of carbonyl (C=O) groups is 2. The molecule has 1 saturated carbocycles. The number of alkyl halides is 3. The van der Waals surface area contributed by atoms with Crippen molar-refractivity contribution in [3.63, 3.8) is 0 Å². The standard InChI is InChI=1S/C20H19F4N5O2/c21-13-8-11(4-5-12(13)20(22,23)24)16(10-2-3-10)29-19(31)14-9-15(30)28-18(27-14)17-25-6-1-7-26-17/h1,4-8,10,14,16,18,27H,2-3,9H2,(H,28,30)(H,29,31)/t14?,16-,18?/m1/s1. The largest absolute Gasteiger partial charge is 0.419 e. The van der Waals surface area contributed by atoms with Crippen LogP contribution in [-0.4, -0.2) is 27.8 Å². The smallest absolute Gasteiger partial charge is 0.348 e. The Bertz CT molecular complexity index is 981. The van der Waals surface area contributed by atoms with Gasteiger partial charge in [-0.2, -0.15) is 13.2 Å². The van der Waals surface area contributed by atoms with Crippen molar-refractivity contribution in [2.24, 2.45) is 5.92 Å². The van der Waals surface area contributed by atoms with E-state index >= 15 is 0 Å². The molecule has 2 aromatic rings. The van der Waals surface area contributed by atoms with Crippen LogP contribution in [0.15, 0.2) is 36.7 Å². The molecule has 2 aliphatic rings. The minimum absolute atomic E-state index is 0.00856. The summed E-state index contributed by atoms with van der Waals surface area (Å²) in [7, 11) is 0. The molecule has 31 heavy (non-hydrogen) atoms. The predicted molar refractivity (Wildman–Crippen MR) is 99.5 cm³/mol. The van der Waals surface area contributed by atoms with Crippen LogP contribution in [0.1, 0.15) is 48.4 Å². The highest BCUT2D eigenvalue weighted by Crippen LogP contribution is 2.42. The highest BCUT2D eigenvalue weighted by atomic mass is 19.4. The summed E-state index contributed by atoms with van der Waals surface area (Å²) in [5.41, 5.74) is -1.10. The summed E-state index contributed by atoms with van der Waals surface area (Å²) >= 11 is 0. The number of benzene rings is 1. The highest BCUT2D eigenvalue weighted by molar-refractivity contribution is 5.89. The van der Waals surface area contributed by atoms with Gasteiger partial charge in [-0.05, 0) is 42.5 Å². The zero-order valence-electron chi connectivity index (χ0n) is 16.1. The first-order valence-corrected chi connectivity index (χ1v) is 9.71. The van der Waals surface area contributed by atoms with Crippen LogP contribution in [0, 0.1) is 11.7 Å². The van der Waals surface area contributed by atoms with E-state index in [4.69, 9.17) is 0 Å². The maximum absolute atomic E-state index is 14.1. The maximum atomic E-state index is 14.1. The molecule has 11 heteroatoms. The Hall–Kier alpha value is -3.08. The molecule has 3 atom stereocenters. The average molecular weight is 437 g/mol. The molecule has 1 aliphatic heterocycles. The third-order valence-electron chi connectivity index (χ3n) is 5.27. The molecule has 0 radical (unpaired) electrons. The zero-order valence-corrected chi connectivity index (χ0v) is 16.1. The first kappa shape index (κ1) is 21.2. The quantitative estimate of drug-likeness (QED) is 0.625. The van der Waals surface area contributed by atoms with Gasteiger partial charge in [-0.25, -0.2) is 14.4 Å². The average Bonchev–Trinajstić information content (AvgIpc) is 3.56. The molecule has 1 aromatic heterocycles. The van der Waals surface area contributed by atoms with E-state index in [1.165, 1.54) is 18.5 Å². The number of amides is 2. The number of hydrogen-bond donors (Lipinski definition) is 3. The van der Waals surface area contributed by atoms with Crippen LogP contribution in [0.4, 0.5) is 17.6 Å². The van der Waals surface area contributed by atoms with E-state index in [1.54, 1.807) is 6.07 Å². The van der Waals surface area contributed by atoms with Crippen molar-refractivity contribution < 1.29 is 27.2 Å². The summed E-state index contributed by atoms with van der Waals surface area (Å²) in [6.07, 6.45) is -1.17. The van der Waals surface area contributed by atoms with Crippen LogP contribution in [0.2, 0.25) is 0 Å². The Morgan fingerprint density at radius 3 is 2.52 bits per heavy atom. The number of rotatable bonds is 5. The fraction of sp³-hybridized carbons (Fsp3) is 0.400. The van der Waals surface area contributed by atoms with E-state index in [-0.39, 0.29) is 29.6 Å². The Balaban J connectivity index is 1.50. The summed E-state index contributed by atoms with van der Waals surface area (Å²) in [6.45, 7) is 0. The normalized spacial score (nSPS) is 22.5. The first-order chi connectivity index (χ1) is 14.7. The van der Waals surface area contributed by atoms with Crippen molar-refractivity contribution in [1.29, 1.82) is 0 Å². The second-order valence-electron chi connectivity index (χ2n) is 7.59. The predicted octanol–water partition coefficient (Wildman–Crippen LogP) is 2.38. The van der Waals surface area contributed by atoms with Crippen LogP contribution < -0.4 is 16.0 Å². The third-order valence-corrected chi connectivity index (χ3v) is 5.27. The second kappa shape index (κ2) is 8.22. The summed E-state index contributed by atoms with van der Waals surface area (Å²) < 4.78 is 52.6. The minimum atomic E-state index is -4.80. The molecule has 1 aliphatic carbocycles. The van der Waals surface area contributed by atoms with Crippen LogP contribution in [-0.2, 0) is 15.8 Å². The lowest BCUT2D eigenvalue weighted by molar-refractivity contribution is -0.140. The van der Waals surface area contributed by atoms with Crippen molar-refractivity contribution in [1.82, 2.24) is 25.9 Å². The zero-order chi connectivity index (χ0) is 22.2. The van der Waals surface area contributed by atoms with Crippen LogP contribution in [0.25, 0.3) is 0 Å². The number of halogens is 4. The van der Waals surface area contributed by atoms with E-state index in [2.05, 4.69) is 25.9 Å². The topological polar surface area (TPSA) is 96.0 Å². The Morgan fingerprint density at radius 2 is 1.90 bits per heavy atom. The van der Waals surface area contributed by atoms with Gasteiger partial charge in [-0.3, -0.25) is 14.9 Å². The lowest BCUT2D eigenvalue weighted by atomic mass is 9.99. The lowest BCUT2D eigenvalue weighted by Crippen LogP contribution is -2.57. The van der Waals surface area contributed by atoms with Crippen LogP contribution >= 0.6 is 0 Å². The molecule has 0 bridgehead atoms. The molecule has 2 unspecified atom stereocenters. The molecule has 1 aromatic carbocycles. The van der Waals surface area contributed by atoms with E-state index in [0.717, 1.165) is 18.9 Å². The number of hydrogen-bond acceptors (Lipinski definition) is 5. The molecule has 4 rings (SSSR count). The van der Waals surface area contributed by atoms with E-state index in [9.17, 15) is 27.2 Å². The fourth-order valence-electron chi connectivity index (χ4n) is 3.59. The van der Waals surface area contributed by atoms with Crippen LogP contribution in [0.5, 0.6) is 0 Å². The first-order valence-electron chi connectivity index (χ1n) is 9.71. The van der Waals surface area contributed by atoms with Gasteiger partial charge in [0.05, 0.1) is 24.1 Å². The van der Waals surface area contributed by atoms with Gasteiger partial charge in [0.25, 0.3) is 0 Å². The minimum Gasteiger partial charge on any atom is -0.348 e. The van der Waals surface area contributed by atoms with Gasteiger partial charge in [0.2, 0.25) is 11.8 Å². The summed E-state index contributed by atoms with van der Waals surface area (Å²) in [4.78, 5) is 33.1. The Morgan fingerprint density at radius 1 is 1.19 bits per heavy atom. The van der Waals surface area contributed by atoms with Crippen molar-refractivity contribution in [3.8, 4) is 0 Å². The molecule has 164 valence electrons. The lowest BCUT2D eigenvalue weighted by Gasteiger charge is -2.31. The number of nitrogens with zero attached hydrogens (tertiary/aromatic N) is 2. The molecule has 2 heterocycles. The fourth-order valence-corrected chi connectivity index (χ4v) is 3.59. The number of nitrogens with one attached hydrogen (secondary N) is 3. The SMILES string of the molecule is O=C1CC(C(=O)N[C@@H](c2ccc(C(F)(F)F)c(F)c2)C2CC2)NC(c2ncccn2)N1. The van der Waals surface area contributed by atoms with Gasteiger partial charge in [-0.15, -0.1) is 0 Å². The van der Waals surface area contributed by atoms with Crippen molar-refractivity contribution in [2.45, 2.75) is 43.7 Å². The molecule has 0 spiro atoms. The van der Waals surface area contributed by atoms with Gasteiger partial charge in [0.15, 0.2) is 5.82 Å². The van der Waals surface area contributed by atoms with Gasteiger partial charge in [-0.1, -0.05) is 6.07 Å². The van der Waals surface area contributed by atoms with Gasteiger partial charge < -0.3 is 10.6 Å². The number of aromatic nitrogens is 2. The molecular formula is C20H19F4N5O2. The second-order valence-corrected chi connectivity index (χ2v) is 7.59. The molecule has 2 amide bonds. The summed E-state index contributed by atoms with van der Waals surface area (Å²) in [6, 6.07) is 2.73. The van der Waals surface area contributed by atoms with Crippen molar-refractivity contribution in [3.05, 3.63) is 59.4 Å². The van der Waals surface area contributed by atoms with Gasteiger partial charge in [0.1, 0.15) is 12.0 Å². The van der Waals surface area contributed by atoms with E-state index in [0.29, 0.717) is 6.07 Å². The molecule has 3 N–H and O–H groups in total. The van der Waals surface area contributed by atoms with E-state index in [1.807, 2.05) is 0 Å². The Labute approximate surface area is 174 Å². The van der Waals surface area contributed by atoms with Gasteiger partial charge >= 0.3 is 6.18 Å². The highest BCUT2D eigenvalue weighted by Gasteiger charge is 2.39. The summed E-state index contributed by atoms with van der Waals surface area (Å²) in [5, 5.41) is 8.39. The summed E-state index contributed by atoms with van der Waals surface area (Å²) in [5.74, 6) is -1.99. The van der Waals surface area contributed by atoms with Gasteiger partial charge in [0, 0.05) is 12.4 Å². The molecule has 1 saturated heterocycles. The monoisotopic (exact) mass is 437 g/mol. The number of carbonyl (C=O) groups excluding carboxylic acids is 2. The van der Waals surface area contributed by atoms with Crippen molar-refractivity contribution in [2.75, 3.05) is 0 Å². The van der Waals surface area contributed by atoms with Crippen molar-refractivity contribution >= 4 is 11.8 Å². The maximum Gasteiger partial charge on any atom is 0.419 e.